The van der Waals surface area contributed by atoms with Gasteiger partial charge in [-0.15, -0.1) is 0 Å². The second-order valence-corrected chi connectivity index (χ2v) is 3.67. The molecule has 0 radical (unpaired) electrons. The fourth-order valence-electron chi connectivity index (χ4n) is 1.60. The molecular formula is C11H20N2O2. The van der Waals surface area contributed by atoms with Crippen molar-refractivity contribution in [3.05, 3.63) is 11.6 Å². The van der Waals surface area contributed by atoms with Gasteiger partial charge in [-0.1, -0.05) is 13.0 Å². The van der Waals surface area contributed by atoms with Crippen LogP contribution in [-0.4, -0.2) is 50.7 Å². The molecular weight excluding hydrogens is 192 g/mol. The molecule has 1 heterocycles. The molecule has 1 N–H and O–H groups in total. The van der Waals surface area contributed by atoms with Crippen molar-refractivity contribution < 1.29 is 9.53 Å². The number of carbonyl (C=O) groups excluding carboxylic acids is 1. The molecule has 15 heavy (non-hydrogen) atoms. The second kappa shape index (κ2) is 6.58. The highest BCUT2D eigenvalue weighted by Crippen LogP contribution is 2.10. The molecule has 0 unspecified atom stereocenters. The molecule has 0 saturated carbocycles. The molecule has 0 bridgehead atoms. The topological polar surface area (TPSA) is 41.6 Å². The normalized spacial score (nSPS) is 16.4. The molecule has 1 rings (SSSR count). The molecule has 1 aliphatic heterocycles. The highest BCUT2D eigenvalue weighted by molar-refractivity contribution is 5.78. The van der Waals surface area contributed by atoms with E-state index in [1.807, 2.05) is 11.8 Å². The van der Waals surface area contributed by atoms with Crippen LogP contribution in [0.1, 0.15) is 13.3 Å². The summed E-state index contributed by atoms with van der Waals surface area (Å²) in [5.41, 5.74) is 1.30. The third-order valence-electron chi connectivity index (χ3n) is 2.51. The summed E-state index contributed by atoms with van der Waals surface area (Å²) in [5, 5.41) is 3.05. The van der Waals surface area contributed by atoms with Crippen LogP contribution in [-0.2, 0) is 9.53 Å². The van der Waals surface area contributed by atoms with E-state index in [-0.39, 0.29) is 5.91 Å². The van der Waals surface area contributed by atoms with E-state index < -0.39 is 0 Å². The Morgan fingerprint density at radius 3 is 3.00 bits per heavy atom. The van der Waals surface area contributed by atoms with Crippen LogP contribution in [0.3, 0.4) is 0 Å². The Morgan fingerprint density at radius 2 is 2.47 bits per heavy atom. The van der Waals surface area contributed by atoms with Crippen LogP contribution in [0, 0.1) is 0 Å². The Morgan fingerprint density at radius 1 is 1.67 bits per heavy atom. The molecule has 0 saturated heterocycles. The first-order valence-electron chi connectivity index (χ1n) is 5.43. The largest absolute Gasteiger partial charge is 0.380 e. The van der Waals surface area contributed by atoms with Crippen molar-refractivity contribution in [3.63, 3.8) is 0 Å². The first kappa shape index (κ1) is 12.2. The number of nitrogens with one attached hydrogen (secondary N) is 1. The fourth-order valence-corrected chi connectivity index (χ4v) is 1.60. The van der Waals surface area contributed by atoms with Crippen molar-refractivity contribution in [2.45, 2.75) is 13.3 Å². The molecule has 4 nitrogen and oxygen atoms in total. The van der Waals surface area contributed by atoms with Gasteiger partial charge in [-0.05, 0) is 18.5 Å². The van der Waals surface area contributed by atoms with Gasteiger partial charge in [-0.25, -0.2) is 0 Å². The van der Waals surface area contributed by atoms with Crippen LogP contribution in [0.15, 0.2) is 11.6 Å². The predicted octanol–water partition coefficient (Wildman–Crippen LogP) is 0.401. The number of nitrogens with zero attached hydrogens (tertiary/aromatic N) is 1. The van der Waals surface area contributed by atoms with Gasteiger partial charge in [0.05, 0.1) is 13.2 Å². The number of rotatable bonds is 5. The molecule has 0 atom stereocenters. The van der Waals surface area contributed by atoms with Crippen LogP contribution < -0.4 is 5.32 Å². The molecule has 4 heteroatoms. The van der Waals surface area contributed by atoms with Crippen molar-refractivity contribution in [3.8, 4) is 0 Å². The quantitative estimate of drug-likeness (QED) is 0.671. The SMILES string of the molecule is CCNCC(=O)N1CC=C(COC)CC1. The van der Waals surface area contributed by atoms with Crippen LogP contribution in [0.4, 0.5) is 0 Å². The standard InChI is InChI=1S/C11H20N2O2/c1-3-12-8-11(14)13-6-4-10(5-7-13)9-15-2/h4,12H,3,5-9H2,1-2H3. The summed E-state index contributed by atoms with van der Waals surface area (Å²) < 4.78 is 5.06. The predicted molar refractivity (Wildman–Crippen MR) is 59.7 cm³/mol. The minimum absolute atomic E-state index is 0.185. The van der Waals surface area contributed by atoms with E-state index in [9.17, 15) is 4.79 Å². The van der Waals surface area contributed by atoms with Crippen LogP contribution >= 0.6 is 0 Å². The summed E-state index contributed by atoms with van der Waals surface area (Å²) in [7, 11) is 1.70. The van der Waals surface area contributed by atoms with Crippen molar-refractivity contribution in [1.82, 2.24) is 10.2 Å². The van der Waals surface area contributed by atoms with Gasteiger partial charge >= 0.3 is 0 Å². The Labute approximate surface area is 91.3 Å². The lowest BCUT2D eigenvalue weighted by Gasteiger charge is -2.26. The summed E-state index contributed by atoms with van der Waals surface area (Å²) >= 11 is 0. The number of methoxy groups -OCH3 is 1. The minimum Gasteiger partial charge on any atom is -0.380 e. The van der Waals surface area contributed by atoms with Gasteiger partial charge in [0.25, 0.3) is 0 Å². The number of likely N-dealkylation sites (N-methyl/N-ethyl adjacent to an activating group) is 1. The molecule has 0 fully saturated rings. The van der Waals surface area contributed by atoms with Gasteiger partial charge in [0.1, 0.15) is 0 Å². The number of hydrogen-bond acceptors (Lipinski definition) is 3. The van der Waals surface area contributed by atoms with Crippen molar-refractivity contribution in [1.29, 1.82) is 0 Å². The average molecular weight is 212 g/mol. The smallest absolute Gasteiger partial charge is 0.236 e. The molecule has 86 valence electrons. The van der Waals surface area contributed by atoms with E-state index in [1.165, 1.54) is 5.57 Å². The zero-order valence-electron chi connectivity index (χ0n) is 9.58. The first-order chi connectivity index (χ1) is 7.27. The summed E-state index contributed by atoms with van der Waals surface area (Å²) in [4.78, 5) is 13.5. The second-order valence-electron chi connectivity index (χ2n) is 3.67. The van der Waals surface area contributed by atoms with E-state index in [0.717, 1.165) is 26.1 Å². The van der Waals surface area contributed by atoms with Gasteiger partial charge in [0.2, 0.25) is 5.91 Å². The van der Waals surface area contributed by atoms with Crippen molar-refractivity contribution >= 4 is 5.91 Å². The Bertz CT molecular complexity index is 239. The highest BCUT2D eigenvalue weighted by Gasteiger charge is 2.15. The monoisotopic (exact) mass is 212 g/mol. The Hall–Kier alpha value is -0.870. The van der Waals surface area contributed by atoms with Gasteiger partial charge < -0.3 is 15.0 Å². The number of ether oxygens (including phenoxy) is 1. The lowest BCUT2D eigenvalue weighted by Crippen LogP contribution is -2.40. The summed E-state index contributed by atoms with van der Waals surface area (Å²) in [6.07, 6.45) is 3.03. The zero-order chi connectivity index (χ0) is 11.1. The van der Waals surface area contributed by atoms with E-state index >= 15 is 0 Å². The van der Waals surface area contributed by atoms with Crippen LogP contribution in [0.2, 0.25) is 0 Å². The third kappa shape index (κ3) is 4.01. The lowest BCUT2D eigenvalue weighted by molar-refractivity contribution is -0.129. The summed E-state index contributed by atoms with van der Waals surface area (Å²) in [5.74, 6) is 0.185. The number of carbonyl (C=O) groups is 1. The fraction of sp³-hybridized carbons (Fsp3) is 0.727. The maximum Gasteiger partial charge on any atom is 0.236 e. The summed E-state index contributed by atoms with van der Waals surface area (Å²) in [6, 6.07) is 0. The first-order valence-corrected chi connectivity index (χ1v) is 5.43. The molecule has 1 aliphatic rings. The van der Waals surface area contributed by atoms with Gasteiger partial charge in [-0.3, -0.25) is 4.79 Å². The number of amides is 1. The average Bonchev–Trinajstić information content (AvgIpc) is 2.27. The van der Waals surface area contributed by atoms with E-state index in [2.05, 4.69) is 11.4 Å². The molecule has 0 spiro atoms. The summed E-state index contributed by atoms with van der Waals surface area (Å²) in [6.45, 7) is 5.52. The molecule has 0 aliphatic carbocycles. The highest BCUT2D eigenvalue weighted by atomic mass is 16.5. The maximum absolute atomic E-state index is 11.6. The Balaban J connectivity index is 2.32. The van der Waals surface area contributed by atoms with E-state index in [4.69, 9.17) is 4.74 Å². The number of hydrogen-bond donors (Lipinski definition) is 1. The minimum atomic E-state index is 0.185. The van der Waals surface area contributed by atoms with E-state index in [1.54, 1.807) is 7.11 Å². The maximum atomic E-state index is 11.6. The molecule has 0 aromatic carbocycles. The van der Waals surface area contributed by atoms with Crippen molar-refractivity contribution in [2.75, 3.05) is 39.9 Å². The molecule has 0 aromatic heterocycles. The lowest BCUT2D eigenvalue weighted by atomic mass is 10.1. The van der Waals surface area contributed by atoms with Gasteiger partial charge in [-0.2, -0.15) is 0 Å². The molecule has 0 aromatic rings. The van der Waals surface area contributed by atoms with Gasteiger partial charge in [0.15, 0.2) is 0 Å². The van der Waals surface area contributed by atoms with Crippen LogP contribution in [0.25, 0.3) is 0 Å². The third-order valence-corrected chi connectivity index (χ3v) is 2.51. The Kier molecular flexibility index (Phi) is 5.36. The van der Waals surface area contributed by atoms with Crippen LogP contribution in [0.5, 0.6) is 0 Å². The van der Waals surface area contributed by atoms with Gasteiger partial charge in [0, 0.05) is 20.2 Å². The van der Waals surface area contributed by atoms with Crippen molar-refractivity contribution in [2.24, 2.45) is 0 Å². The van der Waals surface area contributed by atoms with E-state index in [0.29, 0.717) is 13.2 Å². The molecule has 1 amide bonds. The zero-order valence-corrected chi connectivity index (χ0v) is 9.58.